The maximum absolute atomic E-state index is 12.7. The van der Waals surface area contributed by atoms with Gasteiger partial charge in [-0.15, -0.1) is 0 Å². The highest BCUT2D eigenvalue weighted by Crippen LogP contribution is 2.25. The van der Waals surface area contributed by atoms with Crippen LogP contribution >= 0.6 is 0 Å². The van der Waals surface area contributed by atoms with Gasteiger partial charge in [0.2, 0.25) is 10.0 Å². The SMILES string of the molecule is COc1cccc(S(=O)(=O)N2CC(CO)OCC2C)c1. The lowest BCUT2D eigenvalue weighted by Crippen LogP contribution is -2.51. The molecular formula is C13H19NO5S. The summed E-state index contributed by atoms with van der Waals surface area (Å²) in [6.45, 7) is 2.01. The van der Waals surface area contributed by atoms with Crippen molar-refractivity contribution in [3.63, 3.8) is 0 Å². The molecule has 0 radical (unpaired) electrons. The lowest BCUT2D eigenvalue weighted by molar-refractivity contribution is -0.0516. The van der Waals surface area contributed by atoms with Gasteiger partial charge in [-0.3, -0.25) is 0 Å². The number of morpholine rings is 1. The third kappa shape index (κ3) is 2.95. The Hall–Kier alpha value is -1.15. The highest BCUT2D eigenvalue weighted by atomic mass is 32.2. The van der Waals surface area contributed by atoms with Gasteiger partial charge in [-0.25, -0.2) is 8.42 Å². The van der Waals surface area contributed by atoms with Crippen LogP contribution in [0.4, 0.5) is 0 Å². The van der Waals surface area contributed by atoms with Crippen molar-refractivity contribution in [3.05, 3.63) is 24.3 Å². The van der Waals surface area contributed by atoms with Crippen LogP contribution < -0.4 is 4.74 Å². The molecule has 0 spiro atoms. The van der Waals surface area contributed by atoms with Crippen molar-refractivity contribution in [2.24, 2.45) is 0 Å². The lowest BCUT2D eigenvalue weighted by Gasteiger charge is -2.36. The average Bonchev–Trinajstić information content (AvgIpc) is 2.47. The lowest BCUT2D eigenvalue weighted by atomic mass is 10.2. The molecule has 2 atom stereocenters. The zero-order chi connectivity index (χ0) is 14.8. The van der Waals surface area contributed by atoms with Crippen LogP contribution in [0.2, 0.25) is 0 Å². The number of rotatable bonds is 4. The molecule has 1 aromatic rings. The van der Waals surface area contributed by atoms with Gasteiger partial charge >= 0.3 is 0 Å². The van der Waals surface area contributed by atoms with E-state index in [0.29, 0.717) is 5.75 Å². The number of hydrogen-bond acceptors (Lipinski definition) is 5. The molecule has 0 aromatic heterocycles. The number of aliphatic hydroxyl groups is 1. The highest BCUT2D eigenvalue weighted by Gasteiger charge is 2.35. The van der Waals surface area contributed by atoms with Crippen molar-refractivity contribution < 1.29 is 23.0 Å². The zero-order valence-electron chi connectivity index (χ0n) is 11.5. The molecule has 112 valence electrons. The fourth-order valence-corrected chi connectivity index (χ4v) is 3.82. The van der Waals surface area contributed by atoms with E-state index in [2.05, 4.69) is 0 Å². The van der Waals surface area contributed by atoms with Crippen LogP contribution in [0.1, 0.15) is 6.92 Å². The second kappa shape index (κ2) is 6.09. The van der Waals surface area contributed by atoms with Gasteiger partial charge < -0.3 is 14.6 Å². The van der Waals surface area contributed by atoms with Gasteiger partial charge in [0.15, 0.2) is 0 Å². The van der Waals surface area contributed by atoms with Gasteiger partial charge in [-0.05, 0) is 19.1 Å². The molecule has 0 amide bonds. The molecule has 0 saturated carbocycles. The van der Waals surface area contributed by atoms with E-state index in [4.69, 9.17) is 14.6 Å². The molecule has 0 bridgehead atoms. The number of sulfonamides is 1. The molecular weight excluding hydrogens is 282 g/mol. The van der Waals surface area contributed by atoms with E-state index < -0.39 is 16.1 Å². The largest absolute Gasteiger partial charge is 0.497 e. The first kappa shape index (κ1) is 15.2. The van der Waals surface area contributed by atoms with Crippen LogP contribution in [0.5, 0.6) is 5.75 Å². The molecule has 1 aliphatic heterocycles. The van der Waals surface area contributed by atoms with Gasteiger partial charge in [0.05, 0.1) is 31.3 Å². The van der Waals surface area contributed by atoms with Gasteiger partial charge in [-0.2, -0.15) is 4.31 Å². The number of nitrogens with zero attached hydrogens (tertiary/aromatic N) is 1. The maximum Gasteiger partial charge on any atom is 0.243 e. The molecule has 2 unspecified atom stereocenters. The third-order valence-electron chi connectivity index (χ3n) is 3.30. The van der Waals surface area contributed by atoms with E-state index in [9.17, 15) is 8.42 Å². The molecule has 1 heterocycles. The second-order valence-electron chi connectivity index (χ2n) is 4.74. The van der Waals surface area contributed by atoms with Crippen LogP contribution in [-0.2, 0) is 14.8 Å². The zero-order valence-corrected chi connectivity index (χ0v) is 12.3. The first-order valence-corrected chi connectivity index (χ1v) is 7.81. The van der Waals surface area contributed by atoms with Crippen LogP contribution in [0, 0.1) is 0 Å². The Labute approximate surface area is 119 Å². The predicted molar refractivity (Wildman–Crippen MR) is 73.2 cm³/mol. The summed E-state index contributed by atoms with van der Waals surface area (Å²) < 4.78 is 37.1. The van der Waals surface area contributed by atoms with Crippen LogP contribution in [0.15, 0.2) is 29.2 Å². The fraction of sp³-hybridized carbons (Fsp3) is 0.538. The van der Waals surface area contributed by atoms with E-state index in [1.165, 1.54) is 23.5 Å². The van der Waals surface area contributed by atoms with Gasteiger partial charge in [-0.1, -0.05) is 6.07 Å². The Bertz CT molecular complexity index is 560. The number of methoxy groups -OCH3 is 1. The van der Waals surface area contributed by atoms with Crippen molar-refractivity contribution in [3.8, 4) is 5.75 Å². The molecule has 1 saturated heterocycles. The summed E-state index contributed by atoms with van der Waals surface area (Å²) in [6, 6.07) is 6.09. The number of ether oxygens (including phenoxy) is 2. The number of hydrogen-bond donors (Lipinski definition) is 1. The fourth-order valence-electron chi connectivity index (χ4n) is 2.13. The van der Waals surface area contributed by atoms with Crippen LogP contribution in [0.3, 0.4) is 0 Å². The summed E-state index contributed by atoms with van der Waals surface area (Å²) in [4.78, 5) is 0.183. The molecule has 1 N–H and O–H groups in total. The standard InChI is InChI=1S/C13H19NO5S/c1-10-9-19-12(8-15)7-14(10)20(16,17)13-5-3-4-11(6-13)18-2/h3-6,10,12,15H,7-9H2,1-2H3. The molecule has 1 aliphatic rings. The van der Waals surface area contributed by atoms with Crippen LogP contribution in [-0.4, -0.2) is 56.8 Å². The smallest absolute Gasteiger partial charge is 0.243 e. The molecule has 1 aromatic carbocycles. The topological polar surface area (TPSA) is 76.1 Å². The van der Waals surface area contributed by atoms with E-state index in [-0.39, 0.29) is 30.7 Å². The second-order valence-corrected chi connectivity index (χ2v) is 6.63. The first-order valence-electron chi connectivity index (χ1n) is 6.37. The van der Waals surface area contributed by atoms with Gasteiger partial charge in [0, 0.05) is 18.7 Å². The minimum atomic E-state index is -3.62. The van der Waals surface area contributed by atoms with Crippen molar-refractivity contribution in [1.82, 2.24) is 4.31 Å². The Morgan fingerprint density at radius 3 is 2.90 bits per heavy atom. The molecule has 7 heteroatoms. The molecule has 1 fully saturated rings. The monoisotopic (exact) mass is 301 g/mol. The van der Waals surface area contributed by atoms with Gasteiger partial charge in [0.1, 0.15) is 5.75 Å². The minimum Gasteiger partial charge on any atom is -0.497 e. The molecule has 20 heavy (non-hydrogen) atoms. The summed E-state index contributed by atoms with van der Waals surface area (Å²) in [7, 11) is -2.13. The molecule has 2 rings (SSSR count). The first-order chi connectivity index (χ1) is 9.48. The number of benzene rings is 1. The normalized spacial score (nSPS) is 24.6. The Balaban J connectivity index is 2.32. The van der Waals surface area contributed by atoms with E-state index in [1.54, 1.807) is 19.1 Å². The molecule has 6 nitrogen and oxygen atoms in total. The Kier molecular flexibility index (Phi) is 4.64. The Morgan fingerprint density at radius 1 is 1.50 bits per heavy atom. The summed E-state index contributed by atoms with van der Waals surface area (Å²) in [5, 5.41) is 9.15. The minimum absolute atomic E-state index is 0.150. The van der Waals surface area contributed by atoms with Crippen molar-refractivity contribution >= 4 is 10.0 Å². The summed E-state index contributed by atoms with van der Waals surface area (Å²) in [5.41, 5.74) is 0. The molecule has 0 aliphatic carbocycles. The summed E-state index contributed by atoms with van der Waals surface area (Å²) >= 11 is 0. The van der Waals surface area contributed by atoms with Gasteiger partial charge in [0.25, 0.3) is 0 Å². The Morgan fingerprint density at radius 2 is 2.25 bits per heavy atom. The van der Waals surface area contributed by atoms with E-state index in [1.807, 2.05) is 0 Å². The maximum atomic E-state index is 12.7. The average molecular weight is 301 g/mol. The van der Waals surface area contributed by atoms with Crippen LogP contribution in [0.25, 0.3) is 0 Å². The third-order valence-corrected chi connectivity index (χ3v) is 5.28. The van der Waals surface area contributed by atoms with Crippen molar-refractivity contribution in [1.29, 1.82) is 0 Å². The summed E-state index contributed by atoms with van der Waals surface area (Å²) in [6.07, 6.45) is -0.480. The van der Waals surface area contributed by atoms with E-state index in [0.717, 1.165) is 0 Å². The van der Waals surface area contributed by atoms with Crippen molar-refractivity contribution in [2.75, 3.05) is 26.9 Å². The quantitative estimate of drug-likeness (QED) is 0.874. The predicted octanol–water partition coefficient (Wildman–Crippen LogP) is 0.465. The van der Waals surface area contributed by atoms with E-state index >= 15 is 0 Å². The summed E-state index contributed by atoms with van der Waals surface area (Å²) in [5.74, 6) is 0.491. The van der Waals surface area contributed by atoms with Crippen molar-refractivity contribution in [2.45, 2.75) is 24.0 Å². The highest BCUT2D eigenvalue weighted by molar-refractivity contribution is 7.89. The number of aliphatic hydroxyl groups excluding tert-OH is 1.